The van der Waals surface area contributed by atoms with Gasteiger partial charge in [0.1, 0.15) is 17.4 Å². The van der Waals surface area contributed by atoms with Crippen molar-refractivity contribution < 1.29 is 13.2 Å². The molecule has 0 amide bonds. The van der Waals surface area contributed by atoms with Crippen molar-refractivity contribution in [2.24, 2.45) is 5.73 Å². The Balaban J connectivity index is 2.23. The van der Waals surface area contributed by atoms with E-state index < -0.39 is 11.6 Å². The molecule has 2 aromatic rings. The molecule has 0 radical (unpaired) electrons. The zero-order valence-corrected chi connectivity index (χ0v) is 9.20. The topological polar surface area (TPSA) is 39.2 Å². The van der Waals surface area contributed by atoms with Crippen molar-refractivity contribution in [3.63, 3.8) is 0 Å². The highest BCUT2D eigenvalue weighted by molar-refractivity contribution is 5.24. The van der Waals surface area contributed by atoms with Gasteiger partial charge in [0.05, 0.1) is 6.26 Å². The lowest BCUT2D eigenvalue weighted by molar-refractivity contribution is 0.478. The second kappa shape index (κ2) is 5.10. The molecule has 1 aromatic heterocycles. The highest BCUT2D eigenvalue weighted by Crippen LogP contribution is 2.23. The zero-order valence-electron chi connectivity index (χ0n) is 9.20. The van der Waals surface area contributed by atoms with E-state index in [4.69, 9.17) is 10.2 Å². The van der Waals surface area contributed by atoms with Crippen molar-refractivity contribution in [1.29, 1.82) is 0 Å². The molecule has 0 spiro atoms. The molecule has 0 saturated heterocycles. The van der Waals surface area contributed by atoms with Gasteiger partial charge >= 0.3 is 0 Å². The van der Waals surface area contributed by atoms with Gasteiger partial charge in [-0.15, -0.1) is 0 Å². The summed E-state index contributed by atoms with van der Waals surface area (Å²) < 4.78 is 31.6. The quantitative estimate of drug-likeness (QED) is 0.888. The van der Waals surface area contributed by atoms with Gasteiger partial charge in [0, 0.05) is 18.4 Å². The first-order valence-corrected chi connectivity index (χ1v) is 5.38. The van der Waals surface area contributed by atoms with Gasteiger partial charge in [-0.2, -0.15) is 0 Å². The molecule has 90 valence electrons. The molecule has 1 atom stereocenters. The van der Waals surface area contributed by atoms with Crippen LogP contribution in [0.25, 0.3) is 0 Å². The Labute approximate surface area is 98.0 Å². The molecule has 0 aliphatic carbocycles. The van der Waals surface area contributed by atoms with Crippen LogP contribution in [0.4, 0.5) is 8.78 Å². The molecule has 0 bridgehead atoms. The molecule has 2 rings (SSSR count). The maximum atomic E-state index is 13.6. The van der Waals surface area contributed by atoms with Crippen molar-refractivity contribution in [2.45, 2.75) is 12.3 Å². The van der Waals surface area contributed by atoms with Gasteiger partial charge in [0.15, 0.2) is 0 Å². The van der Waals surface area contributed by atoms with E-state index in [1.165, 1.54) is 12.1 Å². The lowest BCUT2D eigenvalue weighted by atomic mass is 9.94. The molecular weight excluding hydrogens is 224 g/mol. The Morgan fingerprint density at radius 3 is 2.65 bits per heavy atom. The number of rotatable bonds is 4. The van der Waals surface area contributed by atoms with E-state index in [2.05, 4.69) is 0 Å². The minimum absolute atomic E-state index is 0.207. The van der Waals surface area contributed by atoms with Crippen LogP contribution in [-0.4, -0.2) is 6.54 Å². The number of nitrogens with two attached hydrogens (primary N) is 1. The third-order valence-corrected chi connectivity index (χ3v) is 2.71. The summed E-state index contributed by atoms with van der Waals surface area (Å²) >= 11 is 0. The Hall–Kier alpha value is -1.68. The van der Waals surface area contributed by atoms with Crippen molar-refractivity contribution in [3.8, 4) is 0 Å². The third kappa shape index (κ3) is 2.71. The summed E-state index contributed by atoms with van der Waals surface area (Å²) in [7, 11) is 0. The molecule has 0 aliphatic heterocycles. The van der Waals surface area contributed by atoms with Gasteiger partial charge in [-0.25, -0.2) is 8.78 Å². The second-order valence-electron chi connectivity index (χ2n) is 3.88. The van der Waals surface area contributed by atoms with Gasteiger partial charge in [-0.05, 0) is 30.3 Å². The summed E-state index contributed by atoms with van der Waals surface area (Å²) in [6, 6.07) is 7.13. The van der Waals surface area contributed by atoms with Gasteiger partial charge in [0.25, 0.3) is 0 Å². The molecule has 17 heavy (non-hydrogen) atoms. The molecule has 1 aromatic carbocycles. The number of benzene rings is 1. The smallest absolute Gasteiger partial charge is 0.129 e. The van der Waals surface area contributed by atoms with E-state index in [1.54, 1.807) is 12.3 Å². The predicted octanol–water partition coefficient (Wildman–Crippen LogP) is 2.84. The average molecular weight is 237 g/mol. The van der Waals surface area contributed by atoms with Crippen molar-refractivity contribution in [3.05, 3.63) is 59.6 Å². The molecule has 4 heteroatoms. The standard InChI is InChI=1S/C13H13F2NO/c14-10-3-4-12(13(15)7-10)9(8-16)6-11-2-1-5-17-11/h1-5,7,9H,6,8,16H2. The van der Waals surface area contributed by atoms with Crippen LogP contribution in [0.3, 0.4) is 0 Å². The molecule has 1 heterocycles. The van der Waals surface area contributed by atoms with E-state index in [9.17, 15) is 8.78 Å². The number of hydrogen-bond acceptors (Lipinski definition) is 2. The molecule has 1 unspecified atom stereocenters. The SMILES string of the molecule is NCC(Cc1ccco1)c1ccc(F)cc1F. The van der Waals surface area contributed by atoms with E-state index in [1.807, 2.05) is 6.07 Å². The van der Waals surface area contributed by atoms with E-state index in [0.29, 0.717) is 12.0 Å². The van der Waals surface area contributed by atoms with Crippen LogP contribution in [0.1, 0.15) is 17.2 Å². The minimum Gasteiger partial charge on any atom is -0.469 e. The summed E-state index contributed by atoms with van der Waals surface area (Å²) in [5.41, 5.74) is 6.05. The first kappa shape index (κ1) is 11.8. The van der Waals surface area contributed by atoms with E-state index in [0.717, 1.165) is 11.8 Å². The fourth-order valence-electron chi connectivity index (χ4n) is 1.82. The highest BCUT2D eigenvalue weighted by Gasteiger charge is 2.16. The van der Waals surface area contributed by atoms with Crippen LogP contribution in [0, 0.1) is 11.6 Å². The van der Waals surface area contributed by atoms with Crippen molar-refractivity contribution >= 4 is 0 Å². The van der Waals surface area contributed by atoms with Crippen molar-refractivity contribution in [1.82, 2.24) is 0 Å². The van der Waals surface area contributed by atoms with Crippen LogP contribution in [0.2, 0.25) is 0 Å². The second-order valence-corrected chi connectivity index (χ2v) is 3.88. The van der Waals surface area contributed by atoms with Crippen LogP contribution < -0.4 is 5.73 Å². The van der Waals surface area contributed by atoms with Crippen LogP contribution >= 0.6 is 0 Å². The maximum Gasteiger partial charge on any atom is 0.129 e. The largest absolute Gasteiger partial charge is 0.469 e. The number of furan rings is 1. The molecule has 2 nitrogen and oxygen atoms in total. The number of halogens is 2. The summed E-state index contributed by atoms with van der Waals surface area (Å²) in [5, 5.41) is 0. The highest BCUT2D eigenvalue weighted by atomic mass is 19.1. The summed E-state index contributed by atoms with van der Waals surface area (Å²) in [6.45, 7) is 0.281. The van der Waals surface area contributed by atoms with Crippen LogP contribution in [0.15, 0.2) is 41.0 Å². The van der Waals surface area contributed by atoms with E-state index in [-0.39, 0.29) is 12.5 Å². The lowest BCUT2D eigenvalue weighted by Gasteiger charge is -2.14. The molecule has 0 fully saturated rings. The maximum absolute atomic E-state index is 13.6. The van der Waals surface area contributed by atoms with Crippen LogP contribution in [0.5, 0.6) is 0 Å². The van der Waals surface area contributed by atoms with Gasteiger partial charge in [0.2, 0.25) is 0 Å². The molecular formula is C13H13F2NO. The normalized spacial score (nSPS) is 12.6. The monoisotopic (exact) mass is 237 g/mol. The third-order valence-electron chi connectivity index (χ3n) is 2.71. The Morgan fingerprint density at radius 2 is 2.06 bits per heavy atom. The lowest BCUT2D eigenvalue weighted by Crippen LogP contribution is -2.16. The summed E-state index contributed by atoms with van der Waals surface area (Å²) in [5.74, 6) is -0.613. The fourth-order valence-corrected chi connectivity index (χ4v) is 1.82. The Bertz CT molecular complexity index is 482. The average Bonchev–Trinajstić information content (AvgIpc) is 2.79. The Morgan fingerprint density at radius 1 is 1.24 bits per heavy atom. The van der Waals surface area contributed by atoms with Gasteiger partial charge in [-0.1, -0.05) is 6.07 Å². The Kier molecular flexibility index (Phi) is 3.54. The van der Waals surface area contributed by atoms with Crippen molar-refractivity contribution in [2.75, 3.05) is 6.54 Å². The molecule has 2 N–H and O–H groups in total. The predicted molar refractivity (Wildman–Crippen MR) is 60.6 cm³/mol. The number of hydrogen-bond donors (Lipinski definition) is 1. The zero-order chi connectivity index (χ0) is 12.3. The van der Waals surface area contributed by atoms with Gasteiger partial charge in [-0.3, -0.25) is 0 Å². The first-order chi connectivity index (χ1) is 8.20. The van der Waals surface area contributed by atoms with E-state index >= 15 is 0 Å². The fraction of sp³-hybridized carbons (Fsp3) is 0.231. The summed E-state index contributed by atoms with van der Waals surface area (Å²) in [6.07, 6.45) is 2.07. The minimum atomic E-state index is -0.583. The first-order valence-electron chi connectivity index (χ1n) is 5.38. The summed E-state index contributed by atoms with van der Waals surface area (Å²) in [4.78, 5) is 0. The van der Waals surface area contributed by atoms with Crippen LogP contribution in [-0.2, 0) is 6.42 Å². The molecule has 0 saturated carbocycles. The molecule has 0 aliphatic rings. The van der Waals surface area contributed by atoms with Gasteiger partial charge < -0.3 is 10.2 Å².